The van der Waals surface area contributed by atoms with Crippen molar-refractivity contribution in [2.45, 2.75) is 13.1 Å². The monoisotopic (exact) mass is 313 g/mol. The van der Waals surface area contributed by atoms with Crippen LogP contribution >= 0.6 is 0 Å². The first-order valence-electron chi connectivity index (χ1n) is 7.45. The number of aromatic nitrogens is 4. The Hall–Kier alpha value is -2.67. The highest BCUT2D eigenvalue weighted by molar-refractivity contribution is 5.69. The maximum absolute atomic E-state index is 12.3. The molecule has 2 heterocycles. The lowest BCUT2D eigenvalue weighted by molar-refractivity contribution is 0.603. The summed E-state index contributed by atoms with van der Waals surface area (Å²) in [6.07, 6.45) is 1.61. The second kappa shape index (κ2) is 6.21. The zero-order valence-corrected chi connectivity index (χ0v) is 13.2. The number of aryl methyl sites for hydroxylation is 1. The smallest absolute Gasteiger partial charge is 0.323 e. The van der Waals surface area contributed by atoms with Crippen LogP contribution < -0.4 is 16.6 Å². The van der Waals surface area contributed by atoms with E-state index < -0.39 is 0 Å². The van der Waals surface area contributed by atoms with Crippen LogP contribution in [0.2, 0.25) is 0 Å². The Balaban J connectivity index is 1.77. The first kappa shape index (κ1) is 15.2. The lowest BCUT2D eigenvalue weighted by atomic mass is 10.2. The van der Waals surface area contributed by atoms with Gasteiger partial charge in [-0.25, -0.2) is 9.78 Å². The van der Waals surface area contributed by atoms with Gasteiger partial charge in [-0.3, -0.25) is 13.9 Å². The van der Waals surface area contributed by atoms with Gasteiger partial charge in [0.25, 0.3) is 5.56 Å². The van der Waals surface area contributed by atoms with E-state index in [0.29, 0.717) is 24.3 Å². The molecule has 0 aliphatic carbocycles. The Kier molecular flexibility index (Phi) is 4.12. The molecule has 3 aromatic rings. The minimum atomic E-state index is -0.366. The molecule has 0 radical (unpaired) electrons. The van der Waals surface area contributed by atoms with Crippen LogP contribution in [-0.4, -0.2) is 25.2 Å². The van der Waals surface area contributed by atoms with Crippen molar-refractivity contribution in [2.75, 3.05) is 6.54 Å². The number of nitrogens with one attached hydrogen (secondary N) is 1. The van der Waals surface area contributed by atoms with Gasteiger partial charge in [-0.2, -0.15) is 0 Å². The summed E-state index contributed by atoms with van der Waals surface area (Å²) in [5, 5.41) is 3.34. The topological polar surface area (TPSA) is 73.8 Å². The van der Waals surface area contributed by atoms with E-state index in [1.807, 2.05) is 18.2 Å². The average Bonchev–Trinajstić information content (AvgIpc) is 3.00. The molecule has 0 atom stereocenters. The number of benzene rings is 1. The van der Waals surface area contributed by atoms with Gasteiger partial charge in [0.05, 0.1) is 6.33 Å². The molecule has 3 rings (SSSR count). The number of hydrogen-bond donors (Lipinski definition) is 1. The van der Waals surface area contributed by atoms with E-state index in [4.69, 9.17) is 0 Å². The van der Waals surface area contributed by atoms with E-state index in [9.17, 15) is 9.59 Å². The van der Waals surface area contributed by atoms with Gasteiger partial charge in [0, 0.05) is 33.7 Å². The van der Waals surface area contributed by atoms with E-state index in [2.05, 4.69) is 22.4 Å². The lowest BCUT2D eigenvalue weighted by Crippen LogP contribution is -2.37. The summed E-state index contributed by atoms with van der Waals surface area (Å²) in [6, 6.07) is 10.1. The van der Waals surface area contributed by atoms with Crippen LogP contribution in [0.1, 0.15) is 5.56 Å². The molecule has 0 unspecified atom stereocenters. The number of hydrogen-bond acceptors (Lipinski definition) is 4. The van der Waals surface area contributed by atoms with Crippen molar-refractivity contribution in [3.05, 3.63) is 63.1 Å². The molecule has 0 amide bonds. The Bertz CT molecular complexity index is 937. The van der Waals surface area contributed by atoms with Gasteiger partial charge in [0.2, 0.25) is 0 Å². The predicted molar refractivity (Wildman–Crippen MR) is 88.4 cm³/mol. The van der Waals surface area contributed by atoms with Gasteiger partial charge in [-0.1, -0.05) is 30.3 Å². The molecule has 0 saturated carbocycles. The molecule has 0 aliphatic rings. The van der Waals surface area contributed by atoms with Gasteiger partial charge in [0.1, 0.15) is 0 Å². The van der Waals surface area contributed by atoms with Crippen LogP contribution in [0.15, 0.2) is 46.2 Å². The highest BCUT2D eigenvalue weighted by Crippen LogP contribution is 2.05. The molecule has 120 valence electrons. The fourth-order valence-electron chi connectivity index (χ4n) is 2.59. The SMILES string of the molecule is Cn1c(=O)c2c(ncn2CCNCc2ccccc2)n(C)c1=O. The molecule has 2 aromatic heterocycles. The van der Waals surface area contributed by atoms with E-state index in [1.165, 1.54) is 17.2 Å². The Morgan fingerprint density at radius 1 is 1.09 bits per heavy atom. The molecule has 0 aliphatic heterocycles. The molecular weight excluding hydrogens is 294 g/mol. The van der Waals surface area contributed by atoms with E-state index >= 15 is 0 Å². The van der Waals surface area contributed by atoms with Gasteiger partial charge in [-0.15, -0.1) is 0 Å². The summed E-state index contributed by atoms with van der Waals surface area (Å²) in [5.74, 6) is 0. The third-order valence-corrected chi connectivity index (χ3v) is 3.92. The molecule has 0 saturated heterocycles. The highest BCUT2D eigenvalue weighted by Gasteiger charge is 2.13. The van der Waals surface area contributed by atoms with Crippen molar-refractivity contribution in [3.8, 4) is 0 Å². The minimum Gasteiger partial charge on any atom is -0.323 e. The lowest BCUT2D eigenvalue weighted by Gasteiger charge is -2.08. The zero-order chi connectivity index (χ0) is 16.4. The summed E-state index contributed by atoms with van der Waals surface area (Å²) in [5.41, 5.74) is 1.40. The third kappa shape index (κ3) is 2.83. The fraction of sp³-hybridized carbons (Fsp3) is 0.312. The maximum Gasteiger partial charge on any atom is 0.332 e. The van der Waals surface area contributed by atoms with Crippen molar-refractivity contribution >= 4 is 11.2 Å². The van der Waals surface area contributed by atoms with Gasteiger partial charge < -0.3 is 9.88 Å². The van der Waals surface area contributed by atoms with Crippen molar-refractivity contribution in [3.63, 3.8) is 0 Å². The summed E-state index contributed by atoms with van der Waals surface area (Å²) < 4.78 is 4.29. The Labute approximate surface area is 132 Å². The van der Waals surface area contributed by atoms with E-state index in [1.54, 1.807) is 17.9 Å². The molecule has 0 bridgehead atoms. The molecule has 0 fully saturated rings. The molecule has 1 N–H and O–H groups in total. The average molecular weight is 313 g/mol. The van der Waals surface area contributed by atoms with Crippen LogP contribution in [0, 0.1) is 0 Å². The molecular formula is C16H19N5O2. The van der Waals surface area contributed by atoms with Crippen LogP contribution in [0.3, 0.4) is 0 Å². The quantitative estimate of drug-likeness (QED) is 0.684. The molecule has 7 heteroatoms. The second-order valence-electron chi connectivity index (χ2n) is 5.48. The summed E-state index contributed by atoms with van der Waals surface area (Å²) in [7, 11) is 3.10. The second-order valence-corrected chi connectivity index (χ2v) is 5.48. The predicted octanol–water partition coefficient (Wildman–Crippen LogP) is 0.223. The molecule has 7 nitrogen and oxygen atoms in total. The minimum absolute atomic E-state index is 0.316. The fourth-order valence-corrected chi connectivity index (χ4v) is 2.59. The van der Waals surface area contributed by atoms with Crippen LogP contribution in [0.4, 0.5) is 0 Å². The number of fused-ring (bicyclic) bond motifs is 1. The van der Waals surface area contributed by atoms with E-state index in [0.717, 1.165) is 11.1 Å². The van der Waals surface area contributed by atoms with Gasteiger partial charge in [0.15, 0.2) is 11.2 Å². The summed E-state index contributed by atoms with van der Waals surface area (Å²) in [6.45, 7) is 2.08. The Morgan fingerprint density at radius 2 is 1.83 bits per heavy atom. The van der Waals surface area contributed by atoms with Crippen molar-refractivity contribution in [1.29, 1.82) is 0 Å². The zero-order valence-electron chi connectivity index (χ0n) is 13.2. The molecule has 1 aromatic carbocycles. The molecule has 0 spiro atoms. The highest BCUT2D eigenvalue weighted by atomic mass is 16.2. The van der Waals surface area contributed by atoms with Gasteiger partial charge in [-0.05, 0) is 5.56 Å². The summed E-state index contributed by atoms with van der Waals surface area (Å²) in [4.78, 5) is 28.4. The van der Waals surface area contributed by atoms with Crippen molar-refractivity contribution in [2.24, 2.45) is 14.1 Å². The van der Waals surface area contributed by atoms with Gasteiger partial charge >= 0.3 is 5.69 Å². The number of rotatable bonds is 5. The van der Waals surface area contributed by atoms with Crippen LogP contribution in [-0.2, 0) is 27.2 Å². The first-order valence-corrected chi connectivity index (χ1v) is 7.45. The summed E-state index contributed by atoms with van der Waals surface area (Å²) >= 11 is 0. The van der Waals surface area contributed by atoms with Crippen molar-refractivity contribution < 1.29 is 0 Å². The van der Waals surface area contributed by atoms with Crippen LogP contribution in [0.5, 0.6) is 0 Å². The third-order valence-electron chi connectivity index (χ3n) is 3.92. The normalized spacial score (nSPS) is 11.2. The molecule has 23 heavy (non-hydrogen) atoms. The van der Waals surface area contributed by atoms with Crippen molar-refractivity contribution in [1.82, 2.24) is 24.0 Å². The largest absolute Gasteiger partial charge is 0.332 e. The van der Waals surface area contributed by atoms with E-state index in [-0.39, 0.29) is 11.2 Å². The Morgan fingerprint density at radius 3 is 2.57 bits per heavy atom. The standard InChI is InChI=1S/C16H19N5O2/c1-19-14-13(15(22)20(2)16(19)23)21(11-18-14)9-8-17-10-12-6-4-3-5-7-12/h3-7,11,17H,8-10H2,1-2H3. The maximum atomic E-state index is 12.3. The first-order chi connectivity index (χ1) is 11.1. The van der Waals surface area contributed by atoms with Crippen LogP contribution in [0.25, 0.3) is 11.2 Å². The number of nitrogens with zero attached hydrogens (tertiary/aromatic N) is 4. The number of imidazole rings is 1.